The summed E-state index contributed by atoms with van der Waals surface area (Å²) in [6, 6.07) is 9.36. The van der Waals surface area contributed by atoms with Gasteiger partial charge in [-0.15, -0.1) is 0 Å². The van der Waals surface area contributed by atoms with Gasteiger partial charge >= 0.3 is 5.97 Å². The minimum absolute atomic E-state index is 0.169. The largest absolute Gasteiger partial charge is 0.475 e. The summed E-state index contributed by atoms with van der Waals surface area (Å²) in [5.41, 5.74) is -0.837. The van der Waals surface area contributed by atoms with Gasteiger partial charge in [0.1, 0.15) is 11.4 Å². The molecular formula is C13H11ClO4. The molecule has 0 aliphatic heterocycles. The fourth-order valence-corrected chi connectivity index (χ4v) is 1.76. The fourth-order valence-electron chi connectivity index (χ4n) is 1.63. The number of hydrogen-bond donors (Lipinski definition) is 2. The number of carboxylic acids is 1. The summed E-state index contributed by atoms with van der Waals surface area (Å²) >= 11 is 5.77. The van der Waals surface area contributed by atoms with Crippen LogP contribution in [0.25, 0.3) is 0 Å². The molecule has 0 bridgehead atoms. The summed E-state index contributed by atoms with van der Waals surface area (Å²) in [7, 11) is 0. The Bertz CT molecular complexity index is 569. The number of carboxylic acid groups (broad SMARTS) is 1. The minimum Gasteiger partial charge on any atom is -0.475 e. The molecule has 1 heterocycles. The second-order valence-electron chi connectivity index (χ2n) is 4.05. The van der Waals surface area contributed by atoms with E-state index in [0.29, 0.717) is 10.6 Å². The van der Waals surface area contributed by atoms with Crippen LogP contribution >= 0.6 is 11.6 Å². The highest BCUT2D eigenvalue weighted by molar-refractivity contribution is 6.30. The van der Waals surface area contributed by atoms with E-state index in [-0.39, 0.29) is 11.5 Å². The number of hydrogen-bond acceptors (Lipinski definition) is 3. The second-order valence-corrected chi connectivity index (χ2v) is 4.48. The predicted molar refractivity (Wildman–Crippen MR) is 65.8 cm³/mol. The highest BCUT2D eigenvalue weighted by Gasteiger charge is 2.30. The SMILES string of the molecule is CC(O)(c1ccc(Cl)cc1)c1ccc(C(=O)O)o1. The minimum atomic E-state index is -1.40. The highest BCUT2D eigenvalue weighted by atomic mass is 35.5. The molecule has 0 radical (unpaired) electrons. The molecule has 1 aromatic heterocycles. The summed E-state index contributed by atoms with van der Waals surface area (Å²) < 4.78 is 5.11. The molecule has 18 heavy (non-hydrogen) atoms. The molecule has 1 unspecified atom stereocenters. The Hall–Kier alpha value is -1.78. The van der Waals surface area contributed by atoms with E-state index >= 15 is 0 Å². The average Bonchev–Trinajstić information content (AvgIpc) is 2.79. The monoisotopic (exact) mass is 266 g/mol. The van der Waals surface area contributed by atoms with Crippen LogP contribution in [0.4, 0.5) is 0 Å². The molecule has 0 amide bonds. The summed E-state index contributed by atoms with van der Waals surface area (Å²) in [5, 5.41) is 19.7. The van der Waals surface area contributed by atoms with Gasteiger partial charge in [0.25, 0.3) is 0 Å². The zero-order valence-corrected chi connectivity index (χ0v) is 10.3. The van der Waals surface area contributed by atoms with Gasteiger partial charge in [0.2, 0.25) is 5.76 Å². The van der Waals surface area contributed by atoms with Gasteiger partial charge in [-0.3, -0.25) is 0 Å². The van der Waals surface area contributed by atoms with Crippen molar-refractivity contribution in [3.8, 4) is 0 Å². The van der Waals surface area contributed by atoms with E-state index in [2.05, 4.69) is 0 Å². The molecule has 0 aliphatic carbocycles. The third-order valence-electron chi connectivity index (χ3n) is 2.70. The number of furan rings is 1. The third-order valence-corrected chi connectivity index (χ3v) is 2.95. The quantitative estimate of drug-likeness (QED) is 0.896. The molecule has 0 spiro atoms. The first-order chi connectivity index (χ1) is 8.41. The maximum absolute atomic E-state index is 10.7. The van der Waals surface area contributed by atoms with E-state index in [1.165, 1.54) is 19.1 Å². The van der Waals surface area contributed by atoms with E-state index < -0.39 is 11.6 Å². The van der Waals surface area contributed by atoms with Crippen molar-refractivity contribution >= 4 is 17.6 Å². The Labute approximate surface area is 108 Å². The molecule has 4 nitrogen and oxygen atoms in total. The molecule has 1 aromatic carbocycles. The normalized spacial score (nSPS) is 14.2. The first-order valence-corrected chi connectivity index (χ1v) is 5.61. The van der Waals surface area contributed by atoms with Gasteiger partial charge in [-0.2, -0.15) is 0 Å². The lowest BCUT2D eigenvalue weighted by Crippen LogP contribution is -2.21. The molecule has 0 aliphatic rings. The van der Waals surface area contributed by atoms with Crippen molar-refractivity contribution in [3.05, 3.63) is 58.5 Å². The van der Waals surface area contributed by atoms with E-state index in [9.17, 15) is 9.90 Å². The lowest BCUT2D eigenvalue weighted by molar-refractivity contribution is 0.0601. The van der Waals surface area contributed by atoms with E-state index in [1.54, 1.807) is 24.3 Å². The van der Waals surface area contributed by atoms with Crippen LogP contribution < -0.4 is 0 Å². The van der Waals surface area contributed by atoms with Gasteiger partial charge in [-0.1, -0.05) is 23.7 Å². The topological polar surface area (TPSA) is 70.7 Å². The molecule has 5 heteroatoms. The van der Waals surface area contributed by atoms with Crippen molar-refractivity contribution in [1.29, 1.82) is 0 Å². The Kier molecular flexibility index (Phi) is 3.15. The molecule has 2 aromatic rings. The molecule has 94 valence electrons. The Balaban J connectivity index is 2.40. The zero-order chi connectivity index (χ0) is 13.3. The van der Waals surface area contributed by atoms with Crippen LogP contribution in [0.15, 0.2) is 40.8 Å². The highest BCUT2D eigenvalue weighted by Crippen LogP contribution is 2.31. The summed E-state index contributed by atoms with van der Waals surface area (Å²) in [6.07, 6.45) is 0. The number of benzene rings is 1. The lowest BCUT2D eigenvalue weighted by Gasteiger charge is -2.21. The predicted octanol–water partition coefficient (Wildman–Crippen LogP) is 2.89. The van der Waals surface area contributed by atoms with Crippen LogP contribution in [0.3, 0.4) is 0 Å². The summed E-state index contributed by atoms with van der Waals surface area (Å²) in [5.74, 6) is -1.21. The van der Waals surface area contributed by atoms with Crippen molar-refractivity contribution in [3.63, 3.8) is 0 Å². The maximum Gasteiger partial charge on any atom is 0.371 e. The molecule has 2 N–H and O–H groups in total. The standard InChI is InChI=1S/C13H11ClO4/c1-13(17,8-2-4-9(14)5-3-8)11-7-6-10(18-11)12(15)16/h2-7,17H,1H3,(H,15,16). The van der Waals surface area contributed by atoms with Crippen LogP contribution in [0.2, 0.25) is 5.02 Å². The smallest absolute Gasteiger partial charge is 0.371 e. The average molecular weight is 267 g/mol. The Morgan fingerprint density at radius 1 is 1.22 bits per heavy atom. The van der Waals surface area contributed by atoms with Crippen molar-refractivity contribution in [2.24, 2.45) is 0 Å². The van der Waals surface area contributed by atoms with Gasteiger partial charge in [0.05, 0.1) is 0 Å². The van der Waals surface area contributed by atoms with Crippen LogP contribution in [0, 0.1) is 0 Å². The van der Waals surface area contributed by atoms with Gasteiger partial charge in [-0.05, 0) is 36.8 Å². The molecule has 2 rings (SSSR count). The van der Waals surface area contributed by atoms with Crippen molar-refractivity contribution in [1.82, 2.24) is 0 Å². The van der Waals surface area contributed by atoms with Crippen LogP contribution in [-0.4, -0.2) is 16.2 Å². The fraction of sp³-hybridized carbons (Fsp3) is 0.154. The Morgan fingerprint density at radius 2 is 1.83 bits per heavy atom. The zero-order valence-electron chi connectivity index (χ0n) is 9.55. The Morgan fingerprint density at radius 3 is 2.33 bits per heavy atom. The number of carbonyl (C=O) groups is 1. The lowest BCUT2D eigenvalue weighted by atomic mass is 9.93. The molecule has 0 fully saturated rings. The molecular weight excluding hydrogens is 256 g/mol. The first-order valence-electron chi connectivity index (χ1n) is 5.23. The maximum atomic E-state index is 10.7. The second kappa shape index (κ2) is 4.48. The van der Waals surface area contributed by atoms with Crippen LogP contribution in [0.1, 0.15) is 28.8 Å². The van der Waals surface area contributed by atoms with E-state index in [1.807, 2.05) is 0 Å². The van der Waals surface area contributed by atoms with Gasteiger partial charge in [-0.25, -0.2) is 4.79 Å². The van der Waals surface area contributed by atoms with Gasteiger partial charge in [0, 0.05) is 5.02 Å². The van der Waals surface area contributed by atoms with Crippen molar-refractivity contribution in [2.45, 2.75) is 12.5 Å². The summed E-state index contributed by atoms with van der Waals surface area (Å²) in [6.45, 7) is 1.53. The van der Waals surface area contributed by atoms with Crippen molar-refractivity contribution < 1.29 is 19.4 Å². The molecule has 0 saturated carbocycles. The van der Waals surface area contributed by atoms with Gasteiger partial charge < -0.3 is 14.6 Å². The van der Waals surface area contributed by atoms with E-state index in [0.717, 1.165) is 0 Å². The number of rotatable bonds is 3. The van der Waals surface area contributed by atoms with Crippen LogP contribution in [0.5, 0.6) is 0 Å². The van der Waals surface area contributed by atoms with Crippen LogP contribution in [-0.2, 0) is 5.60 Å². The number of aromatic carboxylic acids is 1. The van der Waals surface area contributed by atoms with Crippen molar-refractivity contribution in [2.75, 3.05) is 0 Å². The number of aliphatic hydroxyl groups is 1. The summed E-state index contributed by atoms with van der Waals surface area (Å²) in [4.78, 5) is 10.7. The number of halogens is 1. The molecule has 1 atom stereocenters. The van der Waals surface area contributed by atoms with Gasteiger partial charge in [0.15, 0.2) is 0 Å². The molecule has 0 saturated heterocycles. The van der Waals surface area contributed by atoms with E-state index in [4.69, 9.17) is 21.1 Å². The first kappa shape index (κ1) is 12.7. The third kappa shape index (κ3) is 2.25.